The van der Waals surface area contributed by atoms with Crippen molar-refractivity contribution in [1.29, 1.82) is 0 Å². The first-order chi connectivity index (χ1) is 10.4. The molecule has 2 rings (SSSR count). The molecule has 1 amide bonds. The van der Waals surface area contributed by atoms with Gasteiger partial charge in [0.2, 0.25) is 15.9 Å². The fourth-order valence-corrected chi connectivity index (χ4v) is 3.51. The van der Waals surface area contributed by atoms with Gasteiger partial charge in [-0.3, -0.25) is 4.79 Å². The standard InChI is InChI=1S/C15H22N2O4S/c1-17(2)22(19,20)12-8-9-14(21-3)13(10-12)16-15(18)11-6-4-5-7-11/h8-11H,4-7H2,1-3H3,(H,16,18). The average molecular weight is 326 g/mol. The minimum atomic E-state index is -3.55. The van der Waals surface area contributed by atoms with Crippen LogP contribution in [0.15, 0.2) is 23.1 Å². The number of nitrogens with zero attached hydrogens (tertiary/aromatic N) is 1. The number of amides is 1. The van der Waals surface area contributed by atoms with Crippen LogP contribution in [-0.4, -0.2) is 39.8 Å². The molecule has 122 valence electrons. The number of rotatable bonds is 5. The Morgan fingerprint density at radius 1 is 1.27 bits per heavy atom. The average Bonchev–Trinajstić information content (AvgIpc) is 3.01. The Bertz CT molecular complexity index is 650. The van der Waals surface area contributed by atoms with Gasteiger partial charge < -0.3 is 10.1 Å². The fraction of sp³-hybridized carbons (Fsp3) is 0.533. The predicted octanol–water partition coefficient (Wildman–Crippen LogP) is 2.07. The van der Waals surface area contributed by atoms with Crippen molar-refractivity contribution in [2.75, 3.05) is 26.5 Å². The normalized spacial score (nSPS) is 16.0. The lowest BCUT2D eigenvalue weighted by Crippen LogP contribution is -2.23. The Kier molecular flexibility index (Phi) is 5.08. The maximum Gasteiger partial charge on any atom is 0.242 e. The molecule has 6 nitrogen and oxygen atoms in total. The Labute approximate surface area is 131 Å². The third-order valence-electron chi connectivity index (χ3n) is 3.93. The van der Waals surface area contributed by atoms with E-state index in [1.54, 1.807) is 6.07 Å². The monoisotopic (exact) mass is 326 g/mol. The van der Waals surface area contributed by atoms with Crippen LogP contribution in [0.5, 0.6) is 5.75 Å². The third kappa shape index (κ3) is 3.41. The molecular formula is C15H22N2O4S. The molecule has 0 bridgehead atoms. The van der Waals surface area contributed by atoms with Crippen LogP contribution < -0.4 is 10.1 Å². The number of ether oxygens (including phenoxy) is 1. The van der Waals surface area contributed by atoms with Crippen LogP contribution in [0.25, 0.3) is 0 Å². The lowest BCUT2D eigenvalue weighted by atomic mass is 10.1. The number of methoxy groups -OCH3 is 1. The van der Waals surface area contributed by atoms with E-state index in [2.05, 4.69) is 5.32 Å². The Morgan fingerprint density at radius 3 is 2.45 bits per heavy atom. The molecule has 1 aromatic rings. The van der Waals surface area contributed by atoms with Gasteiger partial charge in [-0.15, -0.1) is 0 Å². The van der Waals surface area contributed by atoms with E-state index in [0.717, 1.165) is 30.0 Å². The SMILES string of the molecule is COc1ccc(S(=O)(=O)N(C)C)cc1NC(=O)C1CCCC1. The molecule has 1 aromatic carbocycles. The van der Waals surface area contributed by atoms with E-state index in [4.69, 9.17) is 4.74 Å². The van der Waals surface area contributed by atoms with E-state index >= 15 is 0 Å². The number of anilines is 1. The molecule has 1 aliphatic rings. The highest BCUT2D eigenvalue weighted by Crippen LogP contribution is 2.31. The summed E-state index contributed by atoms with van der Waals surface area (Å²) in [6, 6.07) is 4.47. The molecule has 0 unspecified atom stereocenters. The first-order valence-electron chi connectivity index (χ1n) is 7.27. The summed E-state index contributed by atoms with van der Waals surface area (Å²) in [4.78, 5) is 12.4. The number of sulfonamides is 1. The molecule has 0 aliphatic heterocycles. The van der Waals surface area contributed by atoms with Crippen LogP contribution >= 0.6 is 0 Å². The van der Waals surface area contributed by atoms with E-state index in [0.29, 0.717) is 11.4 Å². The van der Waals surface area contributed by atoms with Gasteiger partial charge in [0.1, 0.15) is 5.75 Å². The summed E-state index contributed by atoms with van der Waals surface area (Å²) in [7, 11) is 0.871. The van der Waals surface area contributed by atoms with Crippen molar-refractivity contribution in [3.05, 3.63) is 18.2 Å². The van der Waals surface area contributed by atoms with Crippen molar-refractivity contribution in [3.8, 4) is 5.75 Å². The van der Waals surface area contributed by atoms with Crippen LogP contribution in [0.1, 0.15) is 25.7 Å². The summed E-state index contributed by atoms with van der Waals surface area (Å²) in [6.07, 6.45) is 3.88. The van der Waals surface area contributed by atoms with Gasteiger partial charge in [-0.05, 0) is 31.0 Å². The van der Waals surface area contributed by atoms with Crippen molar-refractivity contribution >= 4 is 21.6 Å². The number of carbonyl (C=O) groups is 1. The van der Waals surface area contributed by atoms with Gasteiger partial charge in [0.15, 0.2) is 0 Å². The maximum absolute atomic E-state index is 12.3. The summed E-state index contributed by atoms with van der Waals surface area (Å²) in [5.74, 6) is 0.373. The molecule has 1 fully saturated rings. The van der Waals surface area contributed by atoms with Gasteiger partial charge in [0.05, 0.1) is 17.7 Å². The van der Waals surface area contributed by atoms with Gasteiger partial charge in [0.25, 0.3) is 0 Å². The number of hydrogen-bond acceptors (Lipinski definition) is 4. The first-order valence-corrected chi connectivity index (χ1v) is 8.71. The maximum atomic E-state index is 12.3. The number of carbonyl (C=O) groups excluding carboxylic acids is 1. The van der Waals surface area contributed by atoms with Gasteiger partial charge in [-0.25, -0.2) is 12.7 Å². The van der Waals surface area contributed by atoms with Crippen molar-refractivity contribution < 1.29 is 17.9 Å². The summed E-state index contributed by atoms with van der Waals surface area (Å²) < 4.78 is 30.7. The smallest absolute Gasteiger partial charge is 0.242 e. The van der Waals surface area contributed by atoms with Gasteiger partial charge in [-0.2, -0.15) is 0 Å². The molecule has 7 heteroatoms. The van der Waals surface area contributed by atoms with Gasteiger partial charge in [-0.1, -0.05) is 12.8 Å². The molecular weight excluding hydrogens is 304 g/mol. The lowest BCUT2D eigenvalue weighted by Gasteiger charge is -2.16. The fourth-order valence-electron chi connectivity index (χ4n) is 2.58. The minimum Gasteiger partial charge on any atom is -0.495 e. The molecule has 0 spiro atoms. The van der Waals surface area contributed by atoms with E-state index in [1.165, 1.54) is 33.3 Å². The van der Waals surface area contributed by atoms with Gasteiger partial charge in [0, 0.05) is 20.0 Å². The van der Waals surface area contributed by atoms with E-state index < -0.39 is 10.0 Å². The summed E-state index contributed by atoms with van der Waals surface area (Å²) in [5, 5.41) is 2.81. The molecule has 0 saturated heterocycles. The number of nitrogens with one attached hydrogen (secondary N) is 1. The molecule has 1 saturated carbocycles. The Balaban J connectivity index is 2.30. The van der Waals surface area contributed by atoms with Crippen molar-refractivity contribution in [1.82, 2.24) is 4.31 Å². The summed E-state index contributed by atoms with van der Waals surface area (Å²) in [6.45, 7) is 0. The second kappa shape index (κ2) is 6.66. The van der Waals surface area contributed by atoms with Crippen LogP contribution in [0, 0.1) is 5.92 Å². The lowest BCUT2D eigenvalue weighted by molar-refractivity contribution is -0.119. The van der Waals surface area contributed by atoms with Crippen LogP contribution in [0.3, 0.4) is 0 Å². The van der Waals surface area contributed by atoms with Crippen LogP contribution in [-0.2, 0) is 14.8 Å². The van der Waals surface area contributed by atoms with E-state index in [-0.39, 0.29) is 16.7 Å². The third-order valence-corrected chi connectivity index (χ3v) is 5.74. The van der Waals surface area contributed by atoms with Crippen molar-refractivity contribution in [2.24, 2.45) is 5.92 Å². The number of benzene rings is 1. The zero-order valence-electron chi connectivity index (χ0n) is 13.1. The molecule has 1 aliphatic carbocycles. The molecule has 0 heterocycles. The Hall–Kier alpha value is -1.60. The summed E-state index contributed by atoms with van der Waals surface area (Å²) in [5.41, 5.74) is 0.391. The van der Waals surface area contributed by atoms with Crippen molar-refractivity contribution in [3.63, 3.8) is 0 Å². The quantitative estimate of drug-likeness (QED) is 0.899. The zero-order chi connectivity index (χ0) is 16.3. The second-order valence-electron chi connectivity index (χ2n) is 5.62. The molecule has 22 heavy (non-hydrogen) atoms. The number of hydrogen-bond donors (Lipinski definition) is 1. The molecule has 1 N–H and O–H groups in total. The van der Waals surface area contributed by atoms with Crippen molar-refractivity contribution in [2.45, 2.75) is 30.6 Å². The largest absolute Gasteiger partial charge is 0.495 e. The van der Waals surface area contributed by atoms with E-state index in [1.807, 2.05) is 0 Å². The molecule has 0 atom stereocenters. The van der Waals surface area contributed by atoms with Crippen LogP contribution in [0.2, 0.25) is 0 Å². The zero-order valence-corrected chi connectivity index (χ0v) is 13.9. The molecule has 0 radical (unpaired) electrons. The highest BCUT2D eigenvalue weighted by Gasteiger charge is 2.25. The summed E-state index contributed by atoms with van der Waals surface area (Å²) >= 11 is 0. The Morgan fingerprint density at radius 2 is 1.91 bits per heavy atom. The molecule has 0 aromatic heterocycles. The first kappa shape index (κ1) is 16.8. The van der Waals surface area contributed by atoms with Gasteiger partial charge >= 0.3 is 0 Å². The minimum absolute atomic E-state index is 0.00109. The topological polar surface area (TPSA) is 75.7 Å². The van der Waals surface area contributed by atoms with Crippen LogP contribution in [0.4, 0.5) is 5.69 Å². The highest BCUT2D eigenvalue weighted by atomic mass is 32.2. The van der Waals surface area contributed by atoms with E-state index in [9.17, 15) is 13.2 Å². The second-order valence-corrected chi connectivity index (χ2v) is 7.77. The highest BCUT2D eigenvalue weighted by molar-refractivity contribution is 7.89. The predicted molar refractivity (Wildman–Crippen MR) is 84.5 cm³/mol.